The van der Waals surface area contributed by atoms with Crippen molar-refractivity contribution < 1.29 is 9.53 Å². The van der Waals surface area contributed by atoms with Crippen LogP contribution in [0.3, 0.4) is 0 Å². The molecule has 0 amide bonds. The van der Waals surface area contributed by atoms with Gasteiger partial charge in [-0.2, -0.15) is 0 Å². The average Bonchev–Trinajstić information content (AvgIpc) is 2.38. The van der Waals surface area contributed by atoms with Gasteiger partial charge < -0.3 is 4.74 Å². The Morgan fingerprint density at radius 1 is 1.05 bits per heavy atom. The SMILES string of the molecule is COc1ccccc1CC(=O)c1cc(C)cc(C)c1. The fraction of sp³-hybridized carbons (Fsp3) is 0.235. The lowest BCUT2D eigenvalue weighted by molar-refractivity contribution is 0.0992. The van der Waals surface area contributed by atoms with E-state index in [4.69, 9.17) is 4.74 Å². The number of hydrogen-bond acceptors (Lipinski definition) is 2. The Kier molecular flexibility index (Phi) is 4.00. The molecule has 0 saturated heterocycles. The van der Waals surface area contributed by atoms with Gasteiger partial charge >= 0.3 is 0 Å². The van der Waals surface area contributed by atoms with Crippen molar-refractivity contribution in [2.24, 2.45) is 0 Å². The molecule has 2 aromatic carbocycles. The van der Waals surface area contributed by atoms with Crippen LogP contribution in [0.15, 0.2) is 42.5 Å². The van der Waals surface area contributed by atoms with Crippen molar-refractivity contribution in [2.75, 3.05) is 7.11 Å². The molecule has 2 rings (SSSR count). The standard InChI is InChI=1S/C17H18O2/c1-12-8-13(2)10-15(9-12)16(18)11-14-6-4-5-7-17(14)19-3/h4-10H,11H2,1-3H3. The van der Waals surface area contributed by atoms with Crippen molar-refractivity contribution >= 4 is 5.78 Å². The molecule has 0 bridgehead atoms. The summed E-state index contributed by atoms with van der Waals surface area (Å²) in [5, 5.41) is 0. The fourth-order valence-corrected chi connectivity index (χ4v) is 2.26. The van der Waals surface area contributed by atoms with Crippen molar-refractivity contribution in [3.8, 4) is 5.75 Å². The Labute approximate surface area is 114 Å². The van der Waals surface area contributed by atoms with E-state index < -0.39 is 0 Å². The van der Waals surface area contributed by atoms with Crippen LogP contribution in [0.4, 0.5) is 0 Å². The minimum Gasteiger partial charge on any atom is -0.496 e. The van der Waals surface area contributed by atoms with Crippen LogP contribution >= 0.6 is 0 Å². The van der Waals surface area contributed by atoms with Crippen molar-refractivity contribution in [3.63, 3.8) is 0 Å². The van der Waals surface area contributed by atoms with E-state index in [1.807, 2.05) is 50.2 Å². The molecule has 0 unspecified atom stereocenters. The fourth-order valence-electron chi connectivity index (χ4n) is 2.26. The molecule has 2 aromatic rings. The molecule has 0 fully saturated rings. The average molecular weight is 254 g/mol. The minimum atomic E-state index is 0.122. The Morgan fingerprint density at radius 3 is 2.32 bits per heavy atom. The molecule has 0 aliphatic heterocycles. The number of aryl methyl sites for hydroxylation is 2. The molecule has 0 N–H and O–H groups in total. The van der Waals surface area contributed by atoms with Crippen LogP contribution in [-0.2, 0) is 6.42 Å². The number of benzene rings is 2. The molecular formula is C17H18O2. The van der Waals surface area contributed by atoms with Crippen LogP contribution in [0.25, 0.3) is 0 Å². The highest BCUT2D eigenvalue weighted by Gasteiger charge is 2.11. The summed E-state index contributed by atoms with van der Waals surface area (Å²) in [4.78, 5) is 12.3. The zero-order valence-electron chi connectivity index (χ0n) is 11.6. The van der Waals surface area contributed by atoms with Crippen molar-refractivity contribution in [1.82, 2.24) is 0 Å². The summed E-state index contributed by atoms with van der Waals surface area (Å²) >= 11 is 0. The maximum atomic E-state index is 12.3. The molecule has 98 valence electrons. The maximum Gasteiger partial charge on any atom is 0.167 e. The number of hydrogen-bond donors (Lipinski definition) is 0. The van der Waals surface area contributed by atoms with E-state index >= 15 is 0 Å². The molecular weight excluding hydrogens is 236 g/mol. The van der Waals surface area contributed by atoms with E-state index in [0.717, 1.165) is 28.0 Å². The summed E-state index contributed by atoms with van der Waals surface area (Å²) in [7, 11) is 1.63. The number of Topliss-reactive ketones (excluding diaryl/α,β-unsaturated/α-hetero) is 1. The van der Waals surface area contributed by atoms with Crippen molar-refractivity contribution in [3.05, 3.63) is 64.7 Å². The van der Waals surface area contributed by atoms with Gasteiger partial charge in [0.05, 0.1) is 7.11 Å². The number of methoxy groups -OCH3 is 1. The van der Waals surface area contributed by atoms with Crippen LogP contribution in [0.2, 0.25) is 0 Å². The molecule has 0 saturated carbocycles. The first-order valence-electron chi connectivity index (χ1n) is 6.33. The topological polar surface area (TPSA) is 26.3 Å². The lowest BCUT2D eigenvalue weighted by atomic mass is 9.99. The van der Waals surface area contributed by atoms with Crippen LogP contribution in [0, 0.1) is 13.8 Å². The summed E-state index contributed by atoms with van der Waals surface area (Å²) in [6.45, 7) is 4.01. The zero-order valence-corrected chi connectivity index (χ0v) is 11.6. The predicted octanol–water partition coefficient (Wildman–Crippen LogP) is 3.74. The summed E-state index contributed by atoms with van der Waals surface area (Å²) in [5.41, 5.74) is 3.92. The lowest BCUT2D eigenvalue weighted by Gasteiger charge is -2.08. The van der Waals surface area contributed by atoms with E-state index in [1.165, 1.54) is 0 Å². The number of carbonyl (C=O) groups is 1. The Morgan fingerprint density at radius 2 is 1.68 bits per heavy atom. The molecule has 2 nitrogen and oxygen atoms in total. The highest BCUT2D eigenvalue weighted by Crippen LogP contribution is 2.20. The quantitative estimate of drug-likeness (QED) is 0.777. The van der Waals surface area contributed by atoms with E-state index in [2.05, 4.69) is 6.07 Å². The maximum absolute atomic E-state index is 12.3. The van der Waals surface area contributed by atoms with Gasteiger partial charge in [0.25, 0.3) is 0 Å². The van der Waals surface area contributed by atoms with Gasteiger partial charge in [-0.3, -0.25) is 4.79 Å². The molecule has 0 aromatic heterocycles. The second-order valence-corrected chi connectivity index (χ2v) is 4.79. The van der Waals surface area contributed by atoms with E-state index in [1.54, 1.807) is 7.11 Å². The molecule has 0 radical (unpaired) electrons. The highest BCUT2D eigenvalue weighted by atomic mass is 16.5. The zero-order chi connectivity index (χ0) is 13.8. The molecule has 0 spiro atoms. The minimum absolute atomic E-state index is 0.122. The second kappa shape index (κ2) is 5.70. The number of ketones is 1. The first-order chi connectivity index (χ1) is 9.10. The van der Waals surface area contributed by atoms with Gasteiger partial charge in [0.15, 0.2) is 5.78 Å². The highest BCUT2D eigenvalue weighted by molar-refractivity contribution is 5.98. The molecule has 0 aliphatic carbocycles. The summed E-state index contributed by atoms with van der Waals surface area (Å²) in [5.74, 6) is 0.886. The number of rotatable bonds is 4. The van der Waals surface area contributed by atoms with E-state index in [9.17, 15) is 4.79 Å². The third-order valence-electron chi connectivity index (χ3n) is 3.09. The van der Waals surface area contributed by atoms with Gasteiger partial charge in [0, 0.05) is 17.5 Å². The van der Waals surface area contributed by atoms with Crippen molar-refractivity contribution in [2.45, 2.75) is 20.3 Å². The largest absolute Gasteiger partial charge is 0.496 e. The normalized spacial score (nSPS) is 10.3. The predicted molar refractivity (Wildman–Crippen MR) is 76.9 cm³/mol. The molecule has 0 aliphatic rings. The first kappa shape index (κ1) is 13.3. The van der Waals surface area contributed by atoms with Gasteiger partial charge in [-0.15, -0.1) is 0 Å². The van der Waals surface area contributed by atoms with Gasteiger partial charge in [0.1, 0.15) is 5.75 Å². The van der Waals surface area contributed by atoms with Crippen molar-refractivity contribution in [1.29, 1.82) is 0 Å². The number of carbonyl (C=O) groups excluding carboxylic acids is 1. The van der Waals surface area contributed by atoms with E-state index in [0.29, 0.717) is 6.42 Å². The van der Waals surface area contributed by atoms with Gasteiger partial charge in [-0.1, -0.05) is 35.4 Å². The summed E-state index contributed by atoms with van der Waals surface area (Å²) in [6.07, 6.45) is 0.368. The lowest BCUT2D eigenvalue weighted by Crippen LogP contribution is -2.05. The smallest absolute Gasteiger partial charge is 0.167 e. The van der Waals surface area contributed by atoms with Gasteiger partial charge in [0.2, 0.25) is 0 Å². The Balaban J connectivity index is 2.25. The third kappa shape index (κ3) is 3.22. The molecule has 2 heteroatoms. The van der Waals surface area contributed by atoms with E-state index in [-0.39, 0.29) is 5.78 Å². The van der Waals surface area contributed by atoms with Crippen LogP contribution in [0.1, 0.15) is 27.0 Å². The van der Waals surface area contributed by atoms with Gasteiger partial charge in [-0.05, 0) is 32.0 Å². The first-order valence-corrected chi connectivity index (χ1v) is 6.33. The van der Waals surface area contributed by atoms with Crippen LogP contribution < -0.4 is 4.74 Å². The molecule has 0 atom stereocenters. The number of ether oxygens (including phenoxy) is 1. The second-order valence-electron chi connectivity index (χ2n) is 4.79. The van der Waals surface area contributed by atoms with Crippen LogP contribution in [-0.4, -0.2) is 12.9 Å². The van der Waals surface area contributed by atoms with Gasteiger partial charge in [-0.25, -0.2) is 0 Å². The Bertz CT molecular complexity index is 580. The molecule has 19 heavy (non-hydrogen) atoms. The summed E-state index contributed by atoms with van der Waals surface area (Å²) < 4.78 is 5.28. The molecule has 0 heterocycles. The Hall–Kier alpha value is -2.09. The number of para-hydroxylation sites is 1. The third-order valence-corrected chi connectivity index (χ3v) is 3.09. The summed E-state index contributed by atoms with van der Waals surface area (Å²) in [6, 6.07) is 13.6. The van der Waals surface area contributed by atoms with Crippen LogP contribution in [0.5, 0.6) is 5.75 Å². The monoisotopic (exact) mass is 254 g/mol.